The number of hydrogen-bond donors (Lipinski definition) is 2. The van der Waals surface area contributed by atoms with Gasteiger partial charge < -0.3 is 10.6 Å². The number of rotatable bonds is 4. The highest BCUT2D eigenvalue weighted by atomic mass is 16.2. The smallest absolute Gasteiger partial charge is 0.318 e. The second-order valence-corrected chi connectivity index (χ2v) is 4.33. The third-order valence-corrected chi connectivity index (χ3v) is 2.97. The lowest BCUT2D eigenvalue weighted by atomic mass is 10.1. The van der Waals surface area contributed by atoms with Gasteiger partial charge in [-0.3, -0.25) is 0 Å². The molecule has 0 aromatic heterocycles. The second kappa shape index (κ2) is 6.49. The van der Waals surface area contributed by atoms with Crippen LogP contribution in [0.5, 0.6) is 0 Å². The van der Waals surface area contributed by atoms with Gasteiger partial charge in [0.1, 0.15) is 0 Å². The summed E-state index contributed by atoms with van der Waals surface area (Å²) in [5.74, 6) is 0.675. The topological polar surface area (TPSA) is 41.1 Å². The number of carbonyl (C=O) groups excluding carboxylic acids is 1. The van der Waals surface area contributed by atoms with Crippen LogP contribution in [0, 0.1) is 5.92 Å². The van der Waals surface area contributed by atoms with Crippen molar-refractivity contribution in [2.45, 2.75) is 52.0 Å². The van der Waals surface area contributed by atoms with Crippen molar-refractivity contribution in [2.75, 3.05) is 0 Å². The van der Waals surface area contributed by atoms with Gasteiger partial charge in [0.25, 0.3) is 0 Å². The van der Waals surface area contributed by atoms with E-state index in [0.29, 0.717) is 5.92 Å². The van der Waals surface area contributed by atoms with E-state index in [4.69, 9.17) is 0 Å². The van der Waals surface area contributed by atoms with Crippen LogP contribution in [-0.4, -0.2) is 12.1 Å². The van der Waals surface area contributed by atoms with Gasteiger partial charge in [-0.2, -0.15) is 0 Å². The van der Waals surface area contributed by atoms with E-state index >= 15 is 0 Å². The Labute approximate surface area is 92.3 Å². The van der Waals surface area contributed by atoms with Gasteiger partial charge in [0, 0.05) is 12.2 Å². The molecule has 1 rings (SSSR count). The summed E-state index contributed by atoms with van der Waals surface area (Å²) in [6.45, 7) is 4.06. The predicted octanol–water partition coefficient (Wildman–Crippen LogP) is 2.79. The molecular formula is C12H22N2O. The average Bonchev–Trinajstić information content (AvgIpc) is 2.70. The molecule has 15 heavy (non-hydrogen) atoms. The Kier molecular flexibility index (Phi) is 5.22. The highest BCUT2D eigenvalue weighted by molar-refractivity contribution is 5.75. The van der Waals surface area contributed by atoms with Gasteiger partial charge in [-0.1, -0.05) is 25.8 Å². The maximum absolute atomic E-state index is 11.3. The summed E-state index contributed by atoms with van der Waals surface area (Å²) in [6, 6.07) is 0.142. The van der Waals surface area contributed by atoms with E-state index in [1.807, 2.05) is 6.92 Å². The molecule has 1 saturated carbocycles. The van der Waals surface area contributed by atoms with Crippen molar-refractivity contribution in [3.05, 3.63) is 12.3 Å². The zero-order valence-electron chi connectivity index (χ0n) is 9.75. The number of carbonyl (C=O) groups is 1. The lowest BCUT2D eigenvalue weighted by Gasteiger charge is -2.10. The summed E-state index contributed by atoms with van der Waals surface area (Å²) in [6.07, 6.45) is 10.1. The third kappa shape index (κ3) is 4.86. The Morgan fingerprint density at radius 3 is 2.73 bits per heavy atom. The first kappa shape index (κ1) is 12.1. The zero-order chi connectivity index (χ0) is 11.1. The number of amides is 2. The first-order valence-electron chi connectivity index (χ1n) is 5.96. The van der Waals surface area contributed by atoms with E-state index in [1.165, 1.54) is 25.7 Å². The van der Waals surface area contributed by atoms with Crippen LogP contribution in [0.15, 0.2) is 12.3 Å². The van der Waals surface area contributed by atoms with Crippen molar-refractivity contribution >= 4 is 6.03 Å². The summed E-state index contributed by atoms with van der Waals surface area (Å²) in [5, 5.41) is 5.60. The molecule has 0 radical (unpaired) electrons. The molecule has 2 N–H and O–H groups in total. The minimum atomic E-state index is -0.0985. The van der Waals surface area contributed by atoms with Crippen LogP contribution < -0.4 is 10.6 Å². The molecule has 0 saturated heterocycles. The normalized spacial score (nSPS) is 19.3. The standard InChI is InChI=1S/C12H22N2O/c1-3-10(2)14-12(15)13-9-8-11-6-4-5-7-11/h8-11H,3-7H2,1-2H3,(H2,13,14,15)/b9-8+. The maximum atomic E-state index is 11.3. The largest absolute Gasteiger partial charge is 0.335 e. The summed E-state index contributed by atoms with van der Waals surface area (Å²) in [4.78, 5) is 11.3. The molecule has 0 bridgehead atoms. The van der Waals surface area contributed by atoms with Crippen LogP contribution in [0.4, 0.5) is 4.79 Å². The molecule has 3 heteroatoms. The van der Waals surface area contributed by atoms with Crippen molar-refractivity contribution in [3.63, 3.8) is 0 Å². The van der Waals surface area contributed by atoms with E-state index in [9.17, 15) is 4.79 Å². The average molecular weight is 210 g/mol. The van der Waals surface area contributed by atoms with Crippen molar-refractivity contribution < 1.29 is 4.79 Å². The molecule has 0 aromatic rings. The maximum Gasteiger partial charge on any atom is 0.318 e. The quantitative estimate of drug-likeness (QED) is 0.736. The van der Waals surface area contributed by atoms with Crippen molar-refractivity contribution in [1.29, 1.82) is 0 Å². The molecule has 1 unspecified atom stereocenters. The van der Waals surface area contributed by atoms with Gasteiger partial charge in [-0.25, -0.2) is 4.79 Å². The van der Waals surface area contributed by atoms with Gasteiger partial charge in [0.05, 0.1) is 0 Å². The van der Waals surface area contributed by atoms with Crippen LogP contribution in [0.2, 0.25) is 0 Å². The van der Waals surface area contributed by atoms with Gasteiger partial charge in [-0.05, 0) is 32.1 Å². The summed E-state index contributed by atoms with van der Waals surface area (Å²) >= 11 is 0. The first-order chi connectivity index (χ1) is 7.22. The van der Waals surface area contributed by atoms with Crippen LogP contribution >= 0.6 is 0 Å². The molecule has 1 fully saturated rings. The predicted molar refractivity (Wildman–Crippen MR) is 62.5 cm³/mol. The minimum Gasteiger partial charge on any atom is -0.335 e. The molecular weight excluding hydrogens is 188 g/mol. The molecule has 1 atom stereocenters. The monoisotopic (exact) mass is 210 g/mol. The van der Waals surface area contributed by atoms with E-state index in [-0.39, 0.29) is 12.1 Å². The van der Waals surface area contributed by atoms with Crippen molar-refractivity contribution in [1.82, 2.24) is 10.6 Å². The van der Waals surface area contributed by atoms with E-state index < -0.39 is 0 Å². The summed E-state index contributed by atoms with van der Waals surface area (Å²) in [5.41, 5.74) is 0. The van der Waals surface area contributed by atoms with E-state index in [1.54, 1.807) is 6.20 Å². The number of hydrogen-bond acceptors (Lipinski definition) is 1. The van der Waals surface area contributed by atoms with E-state index in [2.05, 4.69) is 23.6 Å². The molecule has 0 aliphatic heterocycles. The van der Waals surface area contributed by atoms with Crippen LogP contribution in [0.1, 0.15) is 46.0 Å². The van der Waals surface area contributed by atoms with Crippen LogP contribution in [-0.2, 0) is 0 Å². The second-order valence-electron chi connectivity index (χ2n) is 4.33. The van der Waals surface area contributed by atoms with Gasteiger partial charge in [0.2, 0.25) is 0 Å². The summed E-state index contributed by atoms with van der Waals surface area (Å²) in [7, 11) is 0. The van der Waals surface area contributed by atoms with Crippen LogP contribution in [0.25, 0.3) is 0 Å². The lowest BCUT2D eigenvalue weighted by Crippen LogP contribution is -2.38. The Morgan fingerprint density at radius 1 is 1.47 bits per heavy atom. The fourth-order valence-electron chi connectivity index (χ4n) is 1.78. The molecule has 3 nitrogen and oxygen atoms in total. The third-order valence-electron chi connectivity index (χ3n) is 2.97. The zero-order valence-corrected chi connectivity index (χ0v) is 9.75. The Bertz CT molecular complexity index is 220. The Morgan fingerprint density at radius 2 is 2.13 bits per heavy atom. The fraction of sp³-hybridized carbons (Fsp3) is 0.750. The molecule has 2 amide bonds. The van der Waals surface area contributed by atoms with Crippen molar-refractivity contribution in [2.24, 2.45) is 5.92 Å². The van der Waals surface area contributed by atoms with Crippen molar-refractivity contribution in [3.8, 4) is 0 Å². The molecule has 0 spiro atoms. The van der Waals surface area contributed by atoms with Gasteiger partial charge in [0.15, 0.2) is 0 Å². The first-order valence-corrected chi connectivity index (χ1v) is 5.96. The molecule has 86 valence electrons. The molecule has 0 aromatic carbocycles. The number of urea groups is 1. The highest BCUT2D eigenvalue weighted by Crippen LogP contribution is 2.25. The fourth-order valence-corrected chi connectivity index (χ4v) is 1.78. The van der Waals surface area contributed by atoms with Gasteiger partial charge in [-0.15, -0.1) is 0 Å². The van der Waals surface area contributed by atoms with E-state index in [0.717, 1.165) is 6.42 Å². The number of nitrogens with one attached hydrogen (secondary N) is 2. The van der Waals surface area contributed by atoms with Crippen LogP contribution in [0.3, 0.4) is 0 Å². The Hall–Kier alpha value is -0.990. The molecule has 0 heterocycles. The lowest BCUT2D eigenvalue weighted by molar-refractivity contribution is 0.240. The SMILES string of the molecule is CCC(C)NC(=O)N/C=C/C1CCCC1. The molecule has 1 aliphatic rings. The highest BCUT2D eigenvalue weighted by Gasteiger charge is 2.11. The summed E-state index contributed by atoms with van der Waals surface area (Å²) < 4.78 is 0. The van der Waals surface area contributed by atoms with Gasteiger partial charge >= 0.3 is 6.03 Å². The number of allylic oxidation sites excluding steroid dienone is 1. The Balaban J connectivity index is 2.15. The molecule has 1 aliphatic carbocycles. The minimum absolute atomic E-state index is 0.0985.